The van der Waals surface area contributed by atoms with Crippen molar-refractivity contribution in [3.05, 3.63) is 65.2 Å². The Hall–Kier alpha value is -3.88. The number of hydrogen-bond acceptors (Lipinski definition) is 5. The molecule has 2 aromatic rings. The van der Waals surface area contributed by atoms with Crippen LogP contribution in [0.25, 0.3) is 0 Å². The highest BCUT2D eigenvalue weighted by molar-refractivity contribution is 6.35. The zero-order valence-electron chi connectivity index (χ0n) is 18.5. The Labute approximate surface area is 192 Å². The molecule has 0 aromatic heterocycles. The molecule has 1 heterocycles. The molecule has 0 aliphatic carbocycles. The van der Waals surface area contributed by atoms with Gasteiger partial charge in [-0.2, -0.15) is 0 Å². The van der Waals surface area contributed by atoms with Crippen LogP contribution in [0.1, 0.15) is 35.6 Å². The minimum Gasteiger partial charge on any atom is -0.494 e. The van der Waals surface area contributed by atoms with Gasteiger partial charge >= 0.3 is 17.8 Å². The molecule has 1 atom stereocenters. The van der Waals surface area contributed by atoms with Gasteiger partial charge in [-0.25, -0.2) is 0 Å². The first-order valence-corrected chi connectivity index (χ1v) is 10.7. The monoisotopic (exact) mass is 452 g/mol. The Morgan fingerprint density at radius 3 is 2.45 bits per heavy atom. The number of amides is 2. The van der Waals surface area contributed by atoms with Crippen LogP contribution < -0.4 is 10.5 Å². The van der Waals surface area contributed by atoms with Crippen molar-refractivity contribution in [3.63, 3.8) is 0 Å². The third-order valence-corrected chi connectivity index (χ3v) is 5.64. The summed E-state index contributed by atoms with van der Waals surface area (Å²) in [5.41, 5.74) is 7.65. The third-order valence-electron chi connectivity index (χ3n) is 5.64. The molecule has 1 saturated heterocycles. The SMILES string of the molecule is Cc1ccccc1C(CC(=O)O)N1CCN(CCCOc2ccc(C(=N)N)cc2)C(=O)C1=O. The summed E-state index contributed by atoms with van der Waals surface area (Å²) < 4.78 is 5.66. The van der Waals surface area contributed by atoms with Crippen LogP contribution in [0, 0.1) is 12.3 Å². The van der Waals surface area contributed by atoms with Gasteiger partial charge in [0.1, 0.15) is 11.6 Å². The van der Waals surface area contributed by atoms with Crippen molar-refractivity contribution in [2.75, 3.05) is 26.2 Å². The van der Waals surface area contributed by atoms with Crippen LogP contribution in [0.4, 0.5) is 0 Å². The van der Waals surface area contributed by atoms with Gasteiger partial charge < -0.3 is 25.4 Å². The van der Waals surface area contributed by atoms with E-state index in [4.69, 9.17) is 15.9 Å². The number of carbonyl (C=O) groups excluding carboxylic acids is 2. The zero-order valence-corrected chi connectivity index (χ0v) is 18.5. The van der Waals surface area contributed by atoms with E-state index in [2.05, 4.69) is 0 Å². The molecule has 33 heavy (non-hydrogen) atoms. The lowest BCUT2D eigenvalue weighted by atomic mass is 9.96. The molecule has 9 nitrogen and oxygen atoms in total. The summed E-state index contributed by atoms with van der Waals surface area (Å²) in [4.78, 5) is 39.9. The average Bonchev–Trinajstić information content (AvgIpc) is 2.79. The summed E-state index contributed by atoms with van der Waals surface area (Å²) in [6.07, 6.45) is 0.268. The fraction of sp³-hybridized carbons (Fsp3) is 0.333. The van der Waals surface area contributed by atoms with Gasteiger partial charge in [-0.15, -0.1) is 0 Å². The molecule has 1 fully saturated rings. The summed E-state index contributed by atoms with van der Waals surface area (Å²) in [5.74, 6) is -1.73. The summed E-state index contributed by atoms with van der Waals surface area (Å²) >= 11 is 0. The molecule has 4 N–H and O–H groups in total. The minimum absolute atomic E-state index is 0.0168. The maximum Gasteiger partial charge on any atom is 0.312 e. The number of rotatable bonds is 10. The van der Waals surface area contributed by atoms with E-state index in [0.29, 0.717) is 37.4 Å². The Balaban J connectivity index is 1.57. The van der Waals surface area contributed by atoms with Crippen LogP contribution in [0.5, 0.6) is 5.75 Å². The van der Waals surface area contributed by atoms with Crippen molar-refractivity contribution >= 4 is 23.6 Å². The number of nitrogen functional groups attached to an aromatic ring is 1. The number of nitrogens with zero attached hydrogens (tertiary/aromatic N) is 2. The smallest absolute Gasteiger partial charge is 0.312 e. The van der Waals surface area contributed by atoms with Crippen molar-refractivity contribution in [1.82, 2.24) is 9.80 Å². The number of piperazine rings is 1. The molecule has 1 aliphatic heterocycles. The zero-order chi connectivity index (χ0) is 24.0. The fourth-order valence-electron chi connectivity index (χ4n) is 3.89. The minimum atomic E-state index is -1.03. The molecule has 1 aliphatic rings. The van der Waals surface area contributed by atoms with Crippen LogP contribution in [0.15, 0.2) is 48.5 Å². The average molecular weight is 453 g/mol. The van der Waals surface area contributed by atoms with Crippen molar-refractivity contribution < 1.29 is 24.2 Å². The van der Waals surface area contributed by atoms with Gasteiger partial charge in [-0.05, 0) is 48.7 Å². The molecule has 9 heteroatoms. The van der Waals surface area contributed by atoms with Crippen molar-refractivity contribution in [1.29, 1.82) is 5.41 Å². The number of nitrogens with two attached hydrogens (primary N) is 1. The number of amidine groups is 1. The molecular weight excluding hydrogens is 424 g/mol. The van der Waals surface area contributed by atoms with Gasteiger partial charge in [0.05, 0.1) is 19.1 Å². The fourth-order valence-corrected chi connectivity index (χ4v) is 3.89. The Morgan fingerprint density at radius 2 is 1.82 bits per heavy atom. The van der Waals surface area contributed by atoms with Crippen LogP contribution in [-0.2, 0) is 14.4 Å². The standard InChI is InChI=1S/C24H28N4O5/c1-16-5-2-3-6-19(16)20(15-21(29)30)28-13-12-27(23(31)24(28)32)11-4-14-33-18-9-7-17(8-10-18)22(25)26/h2-3,5-10,20H,4,11-15H2,1H3,(H3,25,26)(H,29,30). The molecular formula is C24H28N4O5. The number of benzene rings is 2. The highest BCUT2D eigenvalue weighted by atomic mass is 16.5. The lowest BCUT2D eigenvalue weighted by Gasteiger charge is -2.38. The molecule has 0 spiro atoms. The summed E-state index contributed by atoms with van der Waals surface area (Å²) in [6.45, 7) is 3.17. The normalized spacial score (nSPS) is 14.8. The third kappa shape index (κ3) is 5.88. The largest absolute Gasteiger partial charge is 0.494 e. The number of carbonyl (C=O) groups is 3. The number of carboxylic acids is 1. The molecule has 174 valence electrons. The molecule has 0 bridgehead atoms. The molecule has 0 radical (unpaired) electrons. The predicted molar refractivity (Wildman–Crippen MR) is 122 cm³/mol. The van der Waals surface area contributed by atoms with E-state index in [1.54, 1.807) is 36.4 Å². The van der Waals surface area contributed by atoms with Gasteiger partial charge in [-0.3, -0.25) is 19.8 Å². The molecule has 0 saturated carbocycles. The van der Waals surface area contributed by atoms with Crippen LogP contribution >= 0.6 is 0 Å². The predicted octanol–water partition coefficient (Wildman–Crippen LogP) is 1.93. The number of nitrogens with one attached hydrogen (secondary N) is 1. The Kier molecular flexibility index (Phi) is 7.66. The van der Waals surface area contributed by atoms with Gasteiger partial charge in [0, 0.05) is 25.2 Å². The summed E-state index contributed by atoms with van der Waals surface area (Å²) in [6, 6.07) is 13.4. The lowest BCUT2D eigenvalue weighted by molar-refractivity contribution is -0.159. The summed E-state index contributed by atoms with van der Waals surface area (Å²) in [7, 11) is 0. The van der Waals surface area contributed by atoms with Gasteiger partial charge in [-0.1, -0.05) is 24.3 Å². The van der Waals surface area contributed by atoms with Gasteiger partial charge in [0.15, 0.2) is 0 Å². The topological polar surface area (TPSA) is 137 Å². The van der Waals surface area contributed by atoms with E-state index >= 15 is 0 Å². The second kappa shape index (κ2) is 10.6. The highest BCUT2D eigenvalue weighted by Gasteiger charge is 2.37. The van der Waals surface area contributed by atoms with Gasteiger partial charge in [0.25, 0.3) is 0 Å². The highest BCUT2D eigenvalue weighted by Crippen LogP contribution is 2.29. The van der Waals surface area contributed by atoms with Gasteiger partial charge in [0.2, 0.25) is 0 Å². The van der Waals surface area contributed by atoms with Crippen molar-refractivity contribution in [2.24, 2.45) is 5.73 Å². The van der Waals surface area contributed by atoms with Crippen molar-refractivity contribution in [2.45, 2.75) is 25.8 Å². The number of aryl methyl sites for hydroxylation is 1. The van der Waals surface area contributed by atoms with Crippen LogP contribution in [0.3, 0.4) is 0 Å². The Bertz CT molecular complexity index is 1040. The van der Waals surface area contributed by atoms with E-state index < -0.39 is 23.8 Å². The van der Waals surface area contributed by atoms with E-state index in [-0.39, 0.29) is 18.8 Å². The maximum atomic E-state index is 12.9. The van der Waals surface area contributed by atoms with E-state index in [1.165, 1.54) is 9.80 Å². The number of hydrogen-bond donors (Lipinski definition) is 3. The van der Waals surface area contributed by atoms with E-state index in [1.807, 2.05) is 19.1 Å². The number of aliphatic carboxylic acids is 1. The first kappa shape index (κ1) is 23.8. The van der Waals surface area contributed by atoms with Crippen molar-refractivity contribution in [3.8, 4) is 5.75 Å². The molecule has 2 aromatic carbocycles. The first-order valence-electron chi connectivity index (χ1n) is 10.7. The lowest BCUT2D eigenvalue weighted by Crippen LogP contribution is -2.55. The molecule has 1 unspecified atom stereocenters. The Morgan fingerprint density at radius 1 is 1.12 bits per heavy atom. The summed E-state index contributed by atoms with van der Waals surface area (Å²) in [5, 5.41) is 16.8. The number of carboxylic acid groups (broad SMARTS) is 1. The maximum absolute atomic E-state index is 12.9. The van der Waals surface area contributed by atoms with E-state index in [0.717, 1.165) is 11.1 Å². The number of ether oxygens (including phenoxy) is 1. The second-order valence-electron chi connectivity index (χ2n) is 7.90. The quantitative estimate of drug-likeness (QED) is 0.218. The molecule has 2 amide bonds. The second-order valence-corrected chi connectivity index (χ2v) is 7.90. The van der Waals surface area contributed by atoms with Crippen LogP contribution in [0.2, 0.25) is 0 Å². The van der Waals surface area contributed by atoms with E-state index in [9.17, 15) is 19.5 Å². The molecule has 3 rings (SSSR count). The van der Waals surface area contributed by atoms with Crippen LogP contribution in [-0.4, -0.2) is 64.8 Å². The first-order chi connectivity index (χ1) is 15.8.